The van der Waals surface area contributed by atoms with Crippen molar-refractivity contribution in [3.8, 4) is 5.75 Å². The van der Waals surface area contributed by atoms with Crippen molar-refractivity contribution in [1.82, 2.24) is 10.2 Å². The van der Waals surface area contributed by atoms with Crippen LogP contribution in [0.2, 0.25) is 5.02 Å². The topological polar surface area (TPSA) is 95.9 Å². The number of benzene rings is 2. The quantitative estimate of drug-likeness (QED) is 0.442. The molecule has 2 amide bonds. The van der Waals surface area contributed by atoms with Crippen LogP contribution < -0.4 is 10.1 Å². The van der Waals surface area contributed by atoms with E-state index < -0.39 is 17.9 Å². The SMILES string of the molecule is CCCCN(CCCC)C(=O)Oc1ccc(CC(NC(=O)c2ccccc2Cl)C(=O)O)cc1. The summed E-state index contributed by atoms with van der Waals surface area (Å²) in [4.78, 5) is 38.4. The zero-order chi connectivity index (χ0) is 24.2. The summed E-state index contributed by atoms with van der Waals surface area (Å²) in [5.41, 5.74) is 0.888. The van der Waals surface area contributed by atoms with Crippen molar-refractivity contribution >= 4 is 29.6 Å². The second-order valence-corrected chi connectivity index (χ2v) is 8.16. The molecule has 2 N–H and O–H groups in total. The lowest BCUT2D eigenvalue weighted by Gasteiger charge is -2.21. The molecule has 0 aliphatic carbocycles. The molecule has 33 heavy (non-hydrogen) atoms. The van der Waals surface area contributed by atoms with E-state index in [-0.39, 0.29) is 23.1 Å². The number of nitrogens with zero attached hydrogens (tertiary/aromatic N) is 1. The van der Waals surface area contributed by atoms with Gasteiger partial charge in [-0.25, -0.2) is 9.59 Å². The van der Waals surface area contributed by atoms with Gasteiger partial charge in [0.05, 0.1) is 10.6 Å². The summed E-state index contributed by atoms with van der Waals surface area (Å²) >= 11 is 6.03. The van der Waals surface area contributed by atoms with Crippen LogP contribution in [0.5, 0.6) is 5.75 Å². The molecule has 1 atom stereocenters. The van der Waals surface area contributed by atoms with Gasteiger partial charge in [0.2, 0.25) is 0 Å². The number of ether oxygens (including phenoxy) is 1. The van der Waals surface area contributed by atoms with Gasteiger partial charge in [-0.3, -0.25) is 4.79 Å². The van der Waals surface area contributed by atoms with E-state index in [4.69, 9.17) is 16.3 Å². The third-order valence-corrected chi connectivity index (χ3v) is 5.44. The molecule has 0 bridgehead atoms. The van der Waals surface area contributed by atoms with Crippen LogP contribution in [0.15, 0.2) is 48.5 Å². The molecule has 7 nitrogen and oxygen atoms in total. The predicted molar refractivity (Wildman–Crippen MR) is 128 cm³/mol. The van der Waals surface area contributed by atoms with Crippen molar-refractivity contribution in [2.24, 2.45) is 0 Å². The Hall–Kier alpha value is -3.06. The molecule has 1 unspecified atom stereocenters. The van der Waals surface area contributed by atoms with E-state index in [0.29, 0.717) is 24.4 Å². The molecule has 0 fully saturated rings. The third kappa shape index (κ3) is 8.42. The van der Waals surface area contributed by atoms with Crippen molar-refractivity contribution in [3.05, 3.63) is 64.7 Å². The van der Waals surface area contributed by atoms with E-state index in [1.807, 2.05) is 0 Å². The number of carboxylic acids is 1. The second kappa shape index (κ2) is 13.5. The highest BCUT2D eigenvalue weighted by atomic mass is 35.5. The fourth-order valence-electron chi connectivity index (χ4n) is 3.17. The Morgan fingerprint density at radius 1 is 1.00 bits per heavy atom. The Kier molecular flexibility index (Phi) is 10.7. The lowest BCUT2D eigenvalue weighted by Crippen LogP contribution is -2.42. The number of aliphatic carboxylic acids is 1. The van der Waals surface area contributed by atoms with E-state index in [9.17, 15) is 19.5 Å². The Morgan fingerprint density at radius 2 is 1.61 bits per heavy atom. The molecule has 0 spiro atoms. The first-order chi connectivity index (χ1) is 15.8. The molecule has 0 aliphatic rings. The van der Waals surface area contributed by atoms with E-state index >= 15 is 0 Å². The monoisotopic (exact) mass is 474 g/mol. The average molecular weight is 475 g/mol. The van der Waals surface area contributed by atoms with Crippen molar-refractivity contribution < 1.29 is 24.2 Å². The maximum Gasteiger partial charge on any atom is 0.415 e. The number of carbonyl (C=O) groups is 3. The van der Waals surface area contributed by atoms with Gasteiger partial charge in [-0.1, -0.05) is 62.6 Å². The van der Waals surface area contributed by atoms with Crippen molar-refractivity contribution in [2.45, 2.75) is 52.0 Å². The lowest BCUT2D eigenvalue weighted by atomic mass is 10.1. The molecule has 2 aromatic carbocycles. The van der Waals surface area contributed by atoms with Crippen LogP contribution in [-0.2, 0) is 11.2 Å². The van der Waals surface area contributed by atoms with Gasteiger partial charge in [0, 0.05) is 19.5 Å². The van der Waals surface area contributed by atoms with Crippen LogP contribution in [0.4, 0.5) is 4.79 Å². The fraction of sp³-hybridized carbons (Fsp3) is 0.400. The van der Waals surface area contributed by atoms with Gasteiger partial charge < -0.3 is 20.1 Å². The van der Waals surface area contributed by atoms with Crippen molar-refractivity contribution in [1.29, 1.82) is 0 Å². The summed E-state index contributed by atoms with van der Waals surface area (Å²) in [6, 6.07) is 11.9. The van der Waals surface area contributed by atoms with Gasteiger partial charge in [-0.05, 0) is 42.7 Å². The molecule has 0 heterocycles. The Balaban J connectivity index is 2.00. The highest BCUT2D eigenvalue weighted by Gasteiger charge is 2.22. The Bertz CT molecular complexity index is 925. The average Bonchev–Trinajstić information content (AvgIpc) is 2.80. The van der Waals surface area contributed by atoms with Crippen LogP contribution in [0.1, 0.15) is 55.5 Å². The van der Waals surface area contributed by atoms with Crippen LogP contribution in [0.25, 0.3) is 0 Å². The fourth-order valence-corrected chi connectivity index (χ4v) is 3.39. The molecular formula is C25H31ClN2O5. The summed E-state index contributed by atoms with van der Waals surface area (Å²) in [7, 11) is 0. The lowest BCUT2D eigenvalue weighted by molar-refractivity contribution is -0.139. The van der Waals surface area contributed by atoms with Crippen LogP contribution in [-0.4, -0.2) is 47.1 Å². The summed E-state index contributed by atoms with van der Waals surface area (Å²) in [6.07, 6.45) is 3.48. The smallest absolute Gasteiger partial charge is 0.415 e. The second-order valence-electron chi connectivity index (χ2n) is 7.75. The number of carbonyl (C=O) groups excluding carboxylic acids is 2. The molecule has 8 heteroatoms. The molecule has 2 rings (SSSR count). The largest absolute Gasteiger partial charge is 0.480 e. The van der Waals surface area contributed by atoms with E-state index in [0.717, 1.165) is 25.7 Å². The molecule has 0 aromatic heterocycles. The zero-order valence-electron chi connectivity index (χ0n) is 19.1. The van der Waals surface area contributed by atoms with Gasteiger partial charge >= 0.3 is 12.1 Å². The minimum absolute atomic E-state index is 0.0683. The van der Waals surface area contributed by atoms with Crippen molar-refractivity contribution in [3.63, 3.8) is 0 Å². The first-order valence-corrected chi connectivity index (χ1v) is 11.6. The summed E-state index contributed by atoms with van der Waals surface area (Å²) < 4.78 is 5.50. The Labute approximate surface area is 199 Å². The molecule has 0 saturated carbocycles. The number of carboxylic acid groups (broad SMARTS) is 1. The molecule has 0 radical (unpaired) electrons. The zero-order valence-corrected chi connectivity index (χ0v) is 19.8. The number of nitrogens with one attached hydrogen (secondary N) is 1. The highest BCUT2D eigenvalue weighted by Crippen LogP contribution is 2.17. The van der Waals surface area contributed by atoms with E-state index in [1.165, 1.54) is 6.07 Å². The highest BCUT2D eigenvalue weighted by molar-refractivity contribution is 6.33. The van der Waals surface area contributed by atoms with E-state index in [2.05, 4.69) is 19.2 Å². The van der Waals surface area contributed by atoms with Crippen molar-refractivity contribution in [2.75, 3.05) is 13.1 Å². The standard InChI is InChI=1S/C25H31ClN2O5/c1-3-5-15-28(16-6-4-2)25(32)33-19-13-11-18(12-14-19)17-22(24(30)31)27-23(29)20-9-7-8-10-21(20)26/h7-14,22H,3-6,15-17H2,1-2H3,(H,27,29)(H,30,31). The van der Waals surface area contributed by atoms with Crippen LogP contribution in [0.3, 0.4) is 0 Å². The number of hydrogen-bond donors (Lipinski definition) is 2. The Morgan fingerprint density at radius 3 is 2.15 bits per heavy atom. The number of halogens is 1. The molecule has 2 aromatic rings. The number of amides is 2. The number of rotatable bonds is 12. The maximum absolute atomic E-state index is 12.5. The predicted octanol–water partition coefficient (Wildman–Crippen LogP) is 5.17. The van der Waals surface area contributed by atoms with Crippen LogP contribution >= 0.6 is 11.6 Å². The van der Waals surface area contributed by atoms with Gasteiger partial charge in [0.1, 0.15) is 11.8 Å². The third-order valence-electron chi connectivity index (χ3n) is 5.11. The minimum atomic E-state index is -1.16. The molecule has 178 valence electrons. The van der Waals surface area contributed by atoms with Crippen LogP contribution in [0, 0.1) is 0 Å². The van der Waals surface area contributed by atoms with Gasteiger partial charge in [0.15, 0.2) is 0 Å². The van der Waals surface area contributed by atoms with Gasteiger partial charge in [-0.15, -0.1) is 0 Å². The van der Waals surface area contributed by atoms with Gasteiger partial charge in [-0.2, -0.15) is 0 Å². The molecule has 0 saturated heterocycles. The molecular weight excluding hydrogens is 444 g/mol. The first-order valence-electron chi connectivity index (χ1n) is 11.2. The summed E-state index contributed by atoms with van der Waals surface area (Å²) in [6.45, 7) is 5.45. The normalized spacial score (nSPS) is 11.5. The summed E-state index contributed by atoms with van der Waals surface area (Å²) in [5, 5.41) is 12.3. The number of hydrogen-bond acceptors (Lipinski definition) is 4. The van der Waals surface area contributed by atoms with Gasteiger partial charge in [0.25, 0.3) is 5.91 Å². The minimum Gasteiger partial charge on any atom is -0.480 e. The summed E-state index contributed by atoms with van der Waals surface area (Å²) in [5.74, 6) is -1.33. The number of unbranched alkanes of at least 4 members (excludes halogenated alkanes) is 2. The molecule has 0 aliphatic heterocycles. The first kappa shape index (κ1) is 26.2. The van der Waals surface area contributed by atoms with E-state index in [1.54, 1.807) is 47.4 Å². The maximum atomic E-state index is 12.5.